The van der Waals surface area contributed by atoms with Crippen LogP contribution in [0.4, 0.5) is 4.39 Å². The summed E-state index contributed by atoms with van der Waals surface area (Å²) in [5, 5.41) is 0. The van der Waals surface area contributed by atoms with Crippen LogP contribution in [-0.2, 0) is 4.79 Å². The second-order valence-electron chi connectivity index (χ2n) is 7.42. The van der Waals surface area contributed by atoms with Crippen LogP contribution in [0.2, 0.25) is 0 Å². The van der Waals surface area contributed by atoms with E-state index < -0.39 is 0 Å². The molecule has 0 bridgehead atoms. The van der Waals surface area contributed by atoms with Gasteiger partial charge in [-0.2, -0.15) is 0 Å². The number of halogens is 1. The van der Waals surface area contributed by atoms with Crippen LogP contribution in [0, 0.1) is 11.7 Å². The van der Waals surface area contributed by atoms with Gasteiger partial charge in [-0.3, -0.25) is 4.79 Å². The molecule has 1 aliphatic carbocycles. The minimum Gasteiger partial charge on any atom is -0.342 e. The summed E-state index contributed by atoms with van der Waals surface area (Å²) in [5.41, 5.74) is 1.63. The van der Waals surface area contributed by atoms with E-state index in [2.05, 4.69) is 9.97 Å². The predicted molar refractivity (Wildman–Crippen MR) is 97.9 cm³/mol. The fourth-order valence-electron chi connectivity index (χ4n) is 4.22. The standard InChI is InChI=1S/C21H24FN3O/c22-18-9-3-7-16(13-18)20-23-11-10-19(24-20)17-8-4-12-25(14-17)21(26)15-5-1-2-6-15/h3,7,9-11,13,15,17H,1-2,4-6,8,12,14H2/t17-/m1/s1. The van der Waals surface area contributed by atoms with Crippen LogP contribution in [0.1, 0.15) is 50.1 Å². The summed E-state index contributed by atoms with van der Waals surface area (Å²) in [4.78, 5) is 23.8. The Morgan fingerprint density at radius 3 is 2.77 bits per heavy atom. The zero-order valence-corrected chi connectivity index (χ0v) is 14.9. The van der Waals surface area contributed by atoms with Crippen molar-refractivity contribution in [3.8, 4) is 11.4 Å². The summed E-state index contributed by atoms with van der Waals surface area (Å²) in [6.07, 6.45) is 8.19. The number of hydrogen-bond donors (Lipinski definition) is 0. The van der Waals surface area contributed by atoms with Crippen LogP contribution in [0.5, 0.6) is 0 Å². The molecule has 5 heteroatoms. The molecule has 0 unspecified atom stereocenters. The highest BCUT2D eigenvalue weighted by Crippen LogP contribution is 2.31. The van der Waals surface area contributed by atoms with Crippen molar-refractivity contribution < 1.29 is 9.18 Å². The Hall–Kier alpha value is -2.30. The number of amides is 1. The predicted octanol–water partition coefficient (Wildman–Crippen LogP) is 4.18. The largest absolute Gasteiger partial charge is 0.342 e. The van der Waals surface area contributed by atoms with Gasteiger partial charge in [-0.1, -0.05) is 25.0 Å². The Labute approximate surface area is 153 Å². The number of likely N-dealkylation sites (tertiary alicyclic amines) is 1. The molecule has 1 atom stereocenters. The molecule has 4 nitrogen and oxygen atoms in total. The first-order chi connectivity index (χ1) is 12.7. The van der Waals surface area contributed by atoms with E-state index in [4.69, 9.17) is 0 Å². The van der Waals surface area contributed by atoms with E-state index >= 15 is 0 Å². The number of nitrogens with zero attached hydrogens (tertiary/aromatic N) is 3. The third kappa shape index (κ3) is 3.62. The normalized spacial score (nSPS) is 21.1. The van der Waals surface area contributed by atoms with Gasteiger partial charge in [0.1, 0.15) is 5.82 Å². The van der Waals surface area contributed by atoms with Gasteiger partial charge in [-0.05, 0) is 43.9 Å². The van der Waals surface area contributed by atoms with Crippen molar-refractivity contribution in [1.29, 1.82) is 0 Å². The Balaban J connectivity index is 1.51. The fraction of sp³-hybridized carbons (Fsp3) is 0.476. The Morgan fingerprint density at radius 2 is 1.96 bits per heavy atom. The summed E-state index contributed by atoms with van der Waals surface area (Å²) >= 11 is 0. The maximum atomic E-state index is 13.5. The molecule has 2 aliphatic rings. The van der Waals surface area contributed by atoms with Crippen LogP contribution in [0.25, 0.3) is 11.4 Å². The smallest absolute Gasteiger partial charge is 0.225 e. The van der Waals surface area contributed by atoms with Crippen LogP contribution < -0.4 is 0 Å². The molecule has 2 fully saturated rings. The monoisotopic (exact) mass is 353 g/mol. The third-order valence-corrected chi connectivity index (χ3v) is 5.62. The van der Waals surface area contributed by atoms with Gasteiger partial charge in [-0.25, -0.2) is 14.4 Å². The number of aromatic nitrogens is 2. The highest BCUT2D eigenvalue weighted by molar-refractivity contribution is 5.79. The molecule has 1 aromatic heterocycles. The molecule has 1 saturated heterocycles. The first-order valence-corrected chi connectivity index (χ1v) is 9.58. The zero-order chi connectivity index (χ0) is 17.9. The van der Waals surface area contributed by atoms with Crippen molar-refractivity contribution in [1.82, 2.24) is 14.9 Å². The van der Waals surface area contributed by atoms with E-state index in [-0.39, 0.29) is 17.7 Å². The van der Waals surface area contributed by atoms with E-state index in [9.17, 15) is 9.18 Å². The number of hydrogen-bond acceptors (Lipinski definition) is 3. The maximum absolute atomic E-state index is 13.5. The molecule has 0 radical (unpaired) electrons. The summed E-state index contributed by atoms with van der Waals surface area (Å²) < 4.78 is 13.5. The molecule has 1 amide bonds. The van der Waals surface area contributed by atoms with Gasteiger partial charge in [0.25, 0.3) is 0 Å². The van der Waals surface area contributed by atoms with Crippen molar-refractivity contribution in [3.05, 3.63) is 48.0 Å². The lowest BCUT2D eigenvalue weighted by Gasteiger charge is -2.34. The molecule has 26 heavy (non-hydrogen) atoms. The van der Waals surface area contributed by atoms with E-state index in [0.717, 1.165) is 44.5 Å². The number of carbonyl (C=O) groups is 1. The van der Waals surface area contributed by atoms with E-state index in [1.54, 1.807) is 12.3 Å². The first-order valence-electron chi connectivity index (χ1n) is 9.58. The van der Waals surface area contributed by atoms with Gasteiger partial charge in [0.05, 0.1) is 0 Å². The Kier molecular flexibility index (Phi) is 4.96. The molecule has 0 N–H and O–H groups in total. The SMILES string of the molecule is O=C(C1CCCC1)N1CCC[C@@H](c2ccnc(-c3cccc(F)c3)n2)C1. The molecule has 1 aliphatic heterocycles. The van der Waals surface area contributed by atoms with Crippen molar-refractivity contribution >= 4 is 5.91 Å². The fourth-order valence-corrected chi connectivity index (χ4v) is 4.22. The van der Waals surface area contributed by atoms with Crippen molar-refractivity contribution in [3.63, 3.8) is 0 Å². The van der Waals surface area contributed by atoms with Crippen molar-refractivity contribution in [2.45, 2.75) is 44.4 Å². The van der Waals surface area contributed by atoms with Crippen molar-refractivity contribution in [2.75, 3.05) is 13.1 Å². The van der Waals surface area contributed by atoms with Crippen LogP contribution >= 0.6 is 0 Å². The zero-order valence-electron chi connectivity index (χ0n) is 14.9. The topological polar surface area (TPSA) is 46.1 Å². The van der Waals surface area contributed by atoms with Crippen LogP contribution in [0.15, 0.2) is 36.5 Å². The van der Waals surface area contributed by atoms with E-state index in [0.29, 0.717) is 17.3 Å². The average molecular weight is 353 g/mol. The minimum absolute atomic E-state index is 0.224. The third-order valence-electron chi connectivity index (χ3n) is 5.62. The summed E-state index contributed by atoms with van der Waals surface area (Å²) in [6, 6.07) is 8.29. The summed E-state index contributed by atoms with van der Waals surface area (Å²) in [6.45, 7) is 1.59. The Bertz CT molecular complexity index is 788. The lowest BCUT2D eigenvalue weighted by Crippen LogP contribution is -2.42. The van der Waals surface area contributed by atoms with Gasteiger partial charge in [0, 0.05) is 42.4 Å². The quantitative estimate of drug-likeness (QED) is 0.832. The second-order valence-corrected chi connectivity index (χ2v) is 7.42. The summed E-state index contributed by atoms with van der Waals surface area (Å²) in [5.74, 6) is 1.03. The average Bonchev–Trinajstić information content (AvgIpc) is 3.22. The van der Waals surface area contributed by atoms with Gasteiger partial charge in [0.15, 0.2) is 5.82 Å². The lowest BCUT2D eigenvalue weighted by molar-refractivity contribution is -0.136. The second kappa shape index (κ2) is 7.52. The first kappa shape index (κ1) is 17.1. The lowest BCUT2D eigenvalue weighted by atomic mass is 9.93. The number of rotatable bonds is 3. The van der Waals surface area contributed by atoms with Gasteiger partial charge >= 0.3 is 0 Å². The van der Waals surface area contributed by atoms with E-state index in [1.807, 2.05) is 17.0 Å². The van der Waals surface area contributed by atoms with Crippen molar-refractivity contribution in [2.24, 2.45) is 5.92 Å². The highest BCUT2D eigenvalue weighted by atomic mass is 19.1. The molecule has 1 aromatic carbocycles. The summed E-state index contributed by atoms with van der Waals surface area (Å²) in [7, 11) is 0. The number of piperidine rings is 1. The number of benzene rings is 1. The van der Waals surface area contributed by atoms with Crippen LogP contribution in [-0.4, -0.2) is 33.9 Å². The highest BCUT2D eigenvalue weighted by Gasteiger charge is 2.31. The van der Waals surface area contributed by atoms with Gasteiger partial charge < -0.3 is 4.90 Å². The van der Waals surface area contributed by atoms with Gasteiger partial charge in [0.2, 0.25) is 5.91 Å². The molecular weight excluding hydrogens is 329 g/mol. The molecular formula is C21H24FN3O. The molecule has 2 aromatic rings. The minimum atomic E-state index is -0.289. The molecule has 4 rings (SSSR count). The Morgan fingerprint density at radius 1 is 1.12 bits per heavy atom. The van der Waals surface area contributed by atoms with Crippen LogP contribution in [0.3, 0.4) is 0 Å². The molecule has 0 spiro atoms. The molecule has 136 valence electrons. The van der Waals surface area contributed by atoms with Gasteiger partial charge in [-0.15, -0.1) is 0 Å². The number of carbonyl (C=O) groups excluding carboxylic acids is 1. The molecule has 1 saturated carbocycles. The molecule has 2 heterocycles. The van der Waals surface area contributed by atoms with E-state index in [1.165, 1.54) is 25.0 Å². The maximum Gasteiger partial charge on any atom is 0.225 e.